The van der Waals surface area contributed by atoms with Crippen LogP contribution < -0.4 is 5.32 Å². The first-order valence-electron chi connectivity index (χ1n) is 11.7. The Morgan fingerprint density at radius 3 is 2.26 bits per heavy atom. The average Bonchev–Trinajstić information content (AvgIpc) is 3.40. The summed E-state index contributed by atoms with van der Waals surface area (Å²) < 4.78 is 5.60. The normalized spacial score (nSPS) is 19.2. The molecular weight excluding hydrogens is 432 g/mol. The molecule has 2 aliphatic carbocycles. The number of hydrogen-bond donors (Lipinski definition) is 2. The molecule has 7 nitrogen and oxygen atoms in total. The van der Waals surface area contributed by atoms with Gasteiger partial charge in [0.2, 0.25) is 5.91 Å². The molecule has 4 rings (SSSR count). The highest BCUT2D eigenvalue weighted by Gasteiger charge is 2.32. The Morgan fingerprint density at radius 1 is 1.06 bits per heavy atom. The number of amides is 2. The van der Waals surface area contributed by atoms with E-state index in [0.29, 0.717) is 13.0 Å². The van der Waals surface area contributed by atoms with Crippen molar-refractivity contribution in [1.82, 2.24) is 10.2 Å². The number of carboxylic acid groups (broad SMARTS) is 1. The smallest absolute Gasteiger partial charge is 0.407 e. The third-order valence-electron chi connectivity index (χ3n) is 6.67. The van der Waals surface area contributed by atoms with Gasteiger partial charge in [0, 0.05) is 18.5 Å². The van der Waals surface area contributed by atoms with E-state index in [1.807, 2.05) is 31.2 Å². The van der Waals surface area contributed by atoms with Gasteiger partial charge in [-0.3, -0.25) is 9.59 Å². The largest absolute Gasteiger partial charge is 0.481 e. The fraction of sp³-hybridized carbons (Fsp3) is 0.370. The van der Waals surface area contributed by atoms with E-state index < -0.39 is 24.0 Å². The predicted octanol–water partition coefficient (Wildman–Crippen LogP) is 4.18. The molecule has 0 bridgehead atoms. The highest BCUT2D eigenvalue weighted by atomic mass is 16.5. The number of benzene rings is 2. The van der Waals surface area contributed by atoms with E-state index >= 15 is 0 Å². The van der Waals surface area contributed by atoms with E-state index in [1.165, 1.54) is 11.1 Å². The van der Waals surface area contributed by atoms with E-state index in [1.54, 1.807) is 24.0 Å². The molecule has 0 fully saturated rings. The number of carbonyl (C=O) groups is 3. The number of rotatable bonds is 8. The Balaban J connectivity index is 1.32. The van der Waals surface area contributed by atoms with Gasteiger partial charge in [-0.05, 0) is 42.5 Å². The minimum atomic E-state index is -0.935. The molecule has 2 N–H and O–H groups in total. The second kappa shape index (κ2) is 10.1. The Morgan fingerprint density at radius 2 is 1.68 bits per heavy atom. The summed E-state index contributed by atoms with van der Waals surface area (Å²) in [4.78, 5) is 38.1. The molecule has 0 aliphatic heterocycles. The summed E-state index contributed by atoms with van der Waals surface area (Å²) in [5.41, 5.74) is 4.64. The lowest BCUT2D eigenvalue weighted by atomic mass is 9.98. The Kier molecular flexibility index (Phi) is 7.01. The molecular formula is C27H30N2O5. The standard InChI is InChI=1S/C27H30N2O5/c1-3-29(17(2)14-25(30)31)26(32)18-12-13-19(15-18)28-27(33)34-16-24-22-10-6-4-8-20(22)21-9-5-7-11-23(21)24/h4-13,17-19,24H,3,14-16H2,1-2H3,(H,28,33)(H,30,31). The maximum atomic E-state index is 12.9. The number of fused-ring (bicyclic) bond motifs is 3. The number of aliphatic carboxylic acids is 1. The SMILES string of the molecule is CCN(C(=O)C1C=CC(NC(=O)OCC2c3ccccc3-c3ccccc32)C1)C(C)CC(=O)O. The summed E-state index contributed by atoms with van der Waals surface area (Å²) in [6.45, 7) is 4.24. The van der Waals surface area contributed by atoms with Gasteiger partial charge in [-0.2, -0.15) is 0 Å². The van der Waals surface area contributed by atoms with Gasteiger partial charge in [-0.1, -0.05) is 60.7 Å². The Labute approximate surface area is 199 Å². The van der Waals surface area contributed by atoms with Gasteiger partial charge >= 0.3 is 12.1 Å². The highest BCUT2D eigenvalue weighted by Crippen LogP contribution is 2.44. The van der Waals surface area contributed by atoms with Gasteiger partial charge < -0.3 is 20.1 Å². The molecule has 0 radical (unpaired) electrons. The number of ether oxygens (including phenoxy) is 1. The molecule has 0 aromatic heterocycles. The summed E-state index contributed by atoms with van der Waals surface area (Å²) in [6.07, 6.45) is 3.40. The van der Waals surface area contributed by atoms with Crippen LogP contribution in [0.1, 0.15) is 43.7 Å². The molecule has 2 aromatic carbocycles. The molecule has 0 saturated heterocycles. The minimum Gasteiger partial charge on any atom is -0.481 e. The number of nitrogens with one attached hydrogen (secondary N) is 1. The van der Waals surface area contributed by atoms with Crippen LogP contribution in [0.25, 0.3) is 11.1 Å². The van der Waals surface area contributed by atoms with Crippen molar-refractivity contribution in [3.8, 4) is 11.1 Å². The van der Waals surface area contributed by atoms with Crippen LogP contribution in [-0.4, -0.2) is 53.2 Å². The summed E-state index contributed by atoms with van der Waals surface area (Å²) in [5.74, 6) is -1.46. The molecule has 2 amide bonds. The topological polar surface area (TPSA) is 95.9 Å². The highest BCUT2D eigenvalue weighted by molar-refractivity contribution is 5.82. The zero-order valence-corrected chi connectivity index (χ0v) is 19.4. The molecule has 7 heteroatoms. The van der Waals surface area contributed by atoms with Crippen molar-refractivity contribution in [3.63, 3.8) is 0 Å². The number of nitrogens with zero attached hydrogens (tertiary/aromatic N) is 1. The molecule has 2 aliphatic rings. The van der Waals surface area contributed by atoms with Crippen molar-refractivity contribution in [2.75, 3.05) is 13.2 Å². The maximum absolute atomic E-state index is 12.9. The van der Waals surface area contributed by atoms with Crippen molar-refractivity contribution in [3.05, 3.63) is 71.8 Å². The van der Waals surface area contributed by atoms with E-state index in [-0.39, 0.29) is 30.9 Å². The second-order valence-electron chi connectivity index (χ2n) is 8.87. The average molecular weight is 463 g/mol. The maximum Gasteiger partial charge on any atom is 0.407 e. The quantitative estimate of drug-likeness (QED) is 0.574. The molecule has 0 heterocycles. The monoisotopic (exact) mass is 462 g/mol. The van der Waals surface area contributed by atoms with Crippen LogP contribution in [0.4, 0.5) is 4.79 Å². The third-order valence-corrected chi connectivity index (χ3v) is 6.67. The number of alkyl carbamates (subject to hydrolysis) is 1. The molecule has 3 atom stereocenters. The van der Waals surface area contributed by atoms with Crippen LogP contribution in [0.5, 0.6) is 0 Å². The second-order valence-corrected chi connectivity index (χ2v) is 8.87. The fourth-order valence-electron chi connectivity index (χ4n) is 5.04. The van der Waals surface area contributed by atoms with Gasteiger partial charge in [0.25, 0.3) is 0 Å². The molecule has 3 unspecified atom stereocenters. The summed E-state index contributed by atoms with van der Waals surface area (Å²) >= 11 is 0. The number of hydrogen-bond acceptors (Lipinski definition) is 4. The van der Waals surface area contributed by atoms with Gasteiger partial charge in [-0.15, -0.1) is 0 Å². The van der Waals surface area contributed by atoms with Crippen LogP contribution in [-0.2, 0) is 14.3 Å². The van der Waals surface area contributed by atoms with Gasteiger partial charge in [0.05, 0.1) is 18.4 Å². The third kappa shape index (κ3) is 4.83. The first-order valence-corrected chi connectivity index (χ1v) is 11.7. The van der Waals surface area contributed by atoms with Crippen molar-refractivity contribution in [2.24, 2.45) is 5.92 Å². The number of carboxylic acids is 1. The lowest BCUT2D eigenvalue weighted by Gasteiger charge is -2.29. The summed E-state index contributed by atoms with van der Waals surface area (Å²) in [6, 6.07) is 15.6. The van der Waals surface area contributed by atoms with Crippen LogP contribution in [0, 0.1) is 5.92 Å². The fourth-order valence-corrected chi connectivity index (χ4v) is 5.04. The summed E-state index contributed by atoms with van der Waals surface area (Å²) in [7, 11) is 0. The van der Waals surface area contributed by atoms with E-state index in [4.69, 9.17) is 9.84 Å². The van der Waals surface area contributed by atoms with Crippen LogP contribution in [0.2, 0.25) is 0 Å². The zero-order valence-electron chi connectivity index (χ0n) is 19.4. The molecule has 0 spiro atoms. The Hall–Kier alpha value is -3.61. The van der Waals surface area contributed by atoms with Crippen molar-refractivity contribution >= 4 is 18.0 Å². The lowest BCUT2D eigenvalue weighted by molar-refractivity contribution is -0.141. The van der Waals surface area contributed by atoms with E-state index in [2.05, 4.69) is 29.6 Å². The predicted molar refractivity (Wildman–Crippen MR) is 128 cm³/mol. The van der Waals surface area contributed by atoms with Crippen LogP contribution in [0.3, 0.4) is 0 Å². The minimum absolute atomic E-state index is 0.0135. The number of carbonyl (C=O) groups excluding carboxylic acids is 2. The molecule has 178 valence electrons. The zero-order chi connectivity index (χ0) is 24.2. The first-order chi connectivity index (χ1) is 16.4. The molecule has 34 heavy (non-hydrogen) atoms. The van der Waals surface area contributed by atoms with Gasteiger partial charge in [0.15, 0.2) is 0 Å². The first kappa shape index (κ1) is 23.5. The van der Waals surface area contributed by atoms with Crippen LogP contribution >= 0.6 is 0 Å². The van der Waals surface area contributed by atoms with Crippen molar-refractivity contribution < 1.29 is 24.2 Å². The van der Waals surface area contributed by atoms with Gasteiger partial charge in [-0.25, -0.2) is 4.79 Å². The molecule has 2 aromatic rings. The van der Waals surface area contributed by atoms with Crippen LogP contribution in [0.15, 0.2) is 60.7 Å². The van der Waals surface area contributed by atoms with Gasteiger partial charge in [0.1, 0.15) is 6.61 Å². The Bertz CT molecular complexity index is 1070. The van der Waals surface area contributed by atoms with E-state index in [9.17, 15) is 14.4 Å². The van der Waals surface area contributed by atoms with Crippen molar-refractivity contribution in [2.45, 2.75) is 44.7 Å². The summed E-state index contributed by atoms with van der Waals surface area (Å²) in [5, 5.41) is 11.9. The van der Waals surface area contributed by atoms with Crippen molar-refractivity contribution in [1.29, 1.82) is 0 Å². The van der Waals surface area contributed by atoms with E-state index in [0.717, 1.165) is 11.1 Å². The molecule has 0 saturated carbocycles. The lowest BCUT2D eigenvalue weighted by Crippen LogP contribution is -2.43.